The van der Waals surface area contributed by atoms with E-state index >= 15 is 0 Å². The van der Waals surface area contributed by atoms with Crippen LogP contribution in [0.15, 0.2) is 24.3 Å². The number of carbonyl (C=O) groups excluding carboxylic acids is 1. The molecule has 0 fully saturated rings. The number of hydrogen-bond donors (Lipinski definition) is 0. The van der Waals surface area contributed by atoms with Crippen molar-refractivity contribution in [1.82, 2.24) is 4.98 Å². The standard InChI is InChI=1S/C13H13NO3S/c1-3-17-10-6-4-9(5-7-10)12-14-8(2)11(18-12)13(15)16/h4-7H,3H2,1-2H3,(H,15,16)/p-1. The Bertz CT molecular complexity index is 560. The maximum absolute atomic E-state index is 10.8. The van der Waals surface area contributed by atoms with Crippen LogP contribution in [0.2, 0.25) is 0 Å². The van der Waals surface area contributed by atoms with Crippen molar-refractivity contribution in [3.8, 4) is 16.3 Å². The van der Waals surface area contributed by atoms with E-state index in [4.69, 9.17) is 4.74 Å². The van der Waals surface area contributed by atoms with Crippen molar-refractivity contribution in [3.05, 3.63) is 34.8 Å². The first-order valence-corrected chi connectivity index (χ1v) is 6.35. The molecule has 94 valence electrons. The summed E-state index contributed by atoms with van der Waals surface area (Å²) in [5.74, 6) is -0.392. The van der Waals surface area contributed by atoms with Gasteiger partial charge < -0.3 is 14.6 Å². The van der Waals surface area contributed by atoms with Crippen LogP contribution in [0, 0.1) is 6.92 Å². The van der Waals surface area contributed by atoms with Crippen LogP contribution >= 0.6 is 11.3 Å². The topological polar surface area (TPSA) is 62.2 Å². The highest BCUT2D eigenvalue weighted by molar-refractivity contribution is 7.17. The van der Waals surface area contributed by atoms with Crippen LogP contribution in [0.5, 0.6) is 5.75 Å². The minimum absolute atomic E-state index is 0.180. The number of nitrogens with zero attached hydrogens (tertiary/aromatic N) is 1. The van der Waals surface area contributed by atoms with Gasteiger partial charge in [-0.3, -0.25) is 0 Å². The molecule has 0 amide bonds. The minimum Gasteiger partial charge on any atom is -0.544 e. The largest absolute Gasteiger partial charge is 0.544 e. The molecule has 1 aromatic carbocycles. The Labute approximate surface area is 109 Å². The maximum atomic E-state index is 10.8. The van der Waals surface area contributed by atoms with Crippen molar-refractivity contribution in [2.75, 3.05) is 6.61 Å². The van der Waals surface area contributed by atoms with Gasteiger partial charge in [-0.15, -0.1) is 11.3 Å². The summed E-state index contributed by atoms with van der Waals surface area (Å²) in [4.78, 5) is 15.3. The van der Waals surface area contributed by atoms with Gasteiger partial charge >= 0.3 is 0 Å². The van der Waals surface area contributed by atoms with Gasteiger partial charge in [0, 0.05) is 5.56 Å². The minimum atomic E-state index is -1.18. The molecule has 1 heterocycles. The molecule has 0 bridgehead atoms. The molecule has 0 unspecified atom stereocenters. The number of carbonyl (C=O) groups is 1. The molecule has 0 aliphatic rings. The second kappa shape index (κ2) is 5.18. The number of rotatable bonds is 4. The monoisotopic (exact) mass is 262 g/mol. The Morgan fingerprint density at radius 2 is 2.06 bits per heavy atom. The fraction of sp³-hybridized carbons (Fsp3) is 0.231. The van der Waals surface area contributed by atoms with Crippen LogP contribution in [0.4, 0.5) is 0 Å². The van der Waals surface area contributed by atoms with Crippen molar-refractivity contribution < 1.29 is 14.6 Å². The van der Waals surface area contributed by atoms with E-state index < -0.39 is 5.97 Å². The van der Waals surface area contributed by atoms with Crippen LogP contribution in [0.25, 0.3) is 10.6 Å². The number of carboxylic acid groups (broad SMARTS) is 1. The third kappa shape index (κ3) is 2.51. The summed E-state index contributed by atoms with van der Waals surface area (Å²) in [6.45, 7) is 4.20. The molecule has 0 N–H and O–H groups in total. The van der Waals surface area contributed by atoms with Crippen molar-refractivity contribution >= 4 is 17.3 Å². The summed E-state index contributed by atoms with van der Waals surface area (Å²) in [5.41, 5.74) is 1.36. The number of aryl methyl sites for hydroxylation is 1. The Balaban J connectivity index is 2.31. The molecule has 5 heteroatoms. The first kappa shape index (κ1) is 12.6. The summed E-state index contributed by atoms with van der Waals surface area (Å²) in [6, 6.07) is 7.41. The molecule has 0 aliphatic carbocycles. The molecule has 0 saturated carbocycles. The first-order valence-electron chi connectivity index (χ1n) is 5.53. The SMILES string of the molecule is CCOc1ccc(-c2nc(C)c(C(=O)[O-])s2)cc1. The third-order valence-electron chi connectivity index (χ3n) is 2.39. The highest BCUT2D eigenvalue weighted by Crippen LogP contribution is 2.28. The van der Waals surface area contributed by atoms with Crippen LogP contribution in [0.1, 0.15) is 22.3 Å². The molecule has 18 heavy (non-hydrogen) atoms. The van der Waals surface area contributed by atoms with Gasteiger partial charge in [0.05, 0.1) is 23.1 Å². The summed E-state index contributed by atoms with van der Waals surface area (Å²) in [7, 11) is 0. The molecule has 0 atom stereocenters. The maximum Gasteiger partial charge on any atom is 0.124 e. The number of ether oxygens (including phenoxy) is 1. The Morgan fingerprint density at radius 3 is 2.56 bits per heavy atom. The number of hydrogen-bond acceptors (Lipinski definition) is 5. The quantitative estimate of drug-likeness (QED) is 0.844. The van der Waals surface area contributed by atoms with Crippen molar-refractivity contribution in [3.63, 3.8) is 0 Å². The van der Waals surface area contributed by atoms with Gasteiger partial charge in [-0.25, -0.2) is 4.98 Å². The van der Waals surface area contributed by atoms with Gasteiger partial charge in [0.2, 0.25) is 0 Å². The molecule has 4 nitrogen and oxygen atoms in total. The lowest BCUT2D eigenvalue weighted by atomic mass is 10.2. The second-order valence-electron chi connectivity index (χ2n) is 3.68. The van der Waals surface area contributed by atoms with E-state index in [1.54, 1.807) is 6.92 Å². The highest BCUT2D eigenvalue weighted by Gasteiger charge is 2.10. The highest BCUT2D eigenvalue weighted by atomic mass is 32.1. The van der Waals surface area contributed by atoms with Gasteiger partial charge in [-0.1, -0.05) is 0 Å². The van der Waals surface area contributed by atoms with E-state index in [9.17, 15) is 9.90 Å². The summed E-state index contributed by atoms with van der Waals surface area (Å²) >= 11 is 1.13. The number of aromatic carboxylic acids is 1. The molecule has 0 radical (unpaired) electrons. The number of benzene rings is 1. The zero-order chi connectivity index (χ0) is 13.1. The van der Waals surface area contributed by atoms with E-state index in [2.05, 4.69) is 4.98 Å². The van der Waals surface area contributed by atoms with Gasteiger partial charge in [0.15, 0.2) is 0 Å². The van der Waals surface area contributed by atoms with E-state index in [0.29, 0.717) is 17.3 Å². The normalized spacial score (nSPS) is 10.3. The van der Waals surface area contributed by atoms with Gasteiger partial charge in [-0.2, -0.15) is 0 Å². The van der Waals surface area contributed by atoms with Crippen molar-refractivity contribution in [2.24, 2.45) is 0 Å². The average Bonchev–Trinajstić information content (AvgIpc) is 2.73. The second-order valence-corrected chi connectivity index (χ2v) is 4.68. The first-order chi connectivity index (χ1) is 8.61. The van der Waals surface area contributed by atoms with Crippen molar-refractivity contribution in [2.45, 2.75) is 13.8 Å². The molecule has 0 saturated heterocycles. The number of thiazole rings is 1. The fourth-order valence-electron chi connectivity index (χ4n) is 1.57. The predicted octanol–water partition coefficient (Wildman–Crippen LogP) is 1.88. The number of carboxylic acids is 1. The van der Waals surface area contributed by atoms with E-state index in [1.807, 2.05) is 31.2 Å². The molecule has 2 aromatic rings. The summed E-state index contributed by atoms with van der Waals surface area (Å²) in [5, 5.41) is 11.5. The fourth-order valence-corrected chi connectivity index (χ4v) is 2.48. The summed E-state index contributed by atoms with van der Waals surface area (Å²) < 4.78 is 5.34. The molecule has 1 aromatic heterocycles. The van der Waals surface area contributed by atoms with Gasteiger partial charge in [0.1, 0.15) is 10.8 Å². The van der Waals surface area contributed by atoms with E-state index in [-0.39, 0.29) is 4.88 Å². The third-order valence-corrected chi connectivity index (χ3v) is 3.58. The van der Waals surface area contributed by atoms with Crippen LogP contribution in [-0.4, -0.2) is 17.6 Å². The molecular formula is C13H12NO3S-. The van der Waals surface area contributed by atoms with E-state index in [1.165, 1.54) is 0 Å². The Morgan fingerprint density at radius 1 is 1.39 bits per heavy atom. The lowest BCUT2D eigenvalue weighted by Gasteiger charge is -2.02. The van der Waals surface area contributed by atoms with E-state index in [0.717, 1.165) is 22.6 Å². The van der Waals surface area contributed by atoms with Gasteiger partial charge in [-0.05, 0) is 38.1 Å². The predicted molar refractivity (Wildman–Crippen MR) is 67.8 cm³/mol. The lowest BCUT2D eigenvalue weighted by molar-refractivity contribution is -0.254. The summed E-state index contributed by atoms with van der Waals surface area (Å²) in [6.07, 6.45) is 0. The van der Waals surface area contributed by atoms with Crippen molar-refractivity contribution in [1.29, 1.82) is 0 Å². The molecule has 0 aliphatic heterocycles. The zero-order valence-corrected chi connectivity index (χ0v) is 10.9. The lowest BCUT2D eigenvalue weighted by Crippen LogP contribution is -2.21. The van der Waals surface area contributed by atoms with Crippen LogP contribution < -0.4 is 9.84 Å². The average molecular weight is 262 g/mol. The zero-order valence-electron chi connectivity index (χ0n) is 10.1. The van der Waals surface area contributed by atoms with Crippen LogP contribution in [0.3, 0.4) is 0 Å². The smallest absolute Gasteiger partial charge is 0.124 e. The molecule has 2 rings (SSSR count). The molecule has 0 spiro atoms. The van der Waals surface area contributed by atoms with Crippen LogP contribution in [-0.2, 0) is 0 Å². The van der Waals surface area contributed by atoms with Gasteiger partial charge in [0.25, 0.3) is 0 Å². The molecular weight excluding hydrogens is 250 g/mol. The Hall–Kier alpha value is -1.88. The number of aromatic nitrogens is 1. The Kier molecular flexibility index (Phi) is 3.62.